The number of carbonyl (C=O) groups excluding carboxylic acids is 1. The Hall–Kier alpha value is -1.95. The van der Waals surface area contributed by atoms with Crippen LogP contribution in [-0.4, -0.2) is 19.6 Å². The van der Waals surface area contributed by atoms with Crippen LogP contribution in [0.2, 0.25) is 0 Å². The van der Waals surface area contributed by atoms with Gasteiger partial charge in [0.15, 0.2) is 0 Å². The quantitative estimate of drug-likeness (QED) is 0.762. The largest absolute Gasteiger partial charge is 0.495 e. The average molecular weight is 217 g/mol. The molecule has 3 nitrogen and oxygen atoms in total. The van der Waals surface area contributed by atoms with Gasteiger partial charge in [0.2, 0.25) is 5.91 Å². The van der Waals surface area contributed by atoms with E-state index in [-0.39, 0.29) is 5.91 Å². The second kappa shape index (κ2) is 5.82. The summed E-state index contributed by atoms with van der Waals surface area (Å²) in [6.45, 7) is 3.82. The SMILES string of the molecule is COc1ccc(C)cc1C#CCNC(C)=O. The molecule has 0 spiro atoms. The molecule has 84 valence electrons. The Bertz CT molecular complexity index is 441. The number of methoxy groups -OCH3 is 1. The van der Waals surface area contributed by atoms with Crippen molar-refractivity contribution in [3.05, 3.63) is 29.3 Å². The summed E-state index contributed by atoms with van der Waals surface area (Å²) in [5.74, 6) is 6.52. The van der Waals surface area contributed by atoms with E-state index in [0.29, 0.717) is 6.54 Å². The number of nitrogens with one attached hydrogen (secondary N) is 1. The van der Waals surface area contributed by atoms with Gasteiger partial charge < -0.3 is 10.1 Å². The maximum Gasteiger partial charge on any atom is 0.217 e. The molecule has 16 heavy (non-hydrogen) atoms. The van der Waals surface area contributed by atoms with E-state index in [4.69, 9.17) is 4.74 Å². The van der Waals surface area contributed by atoms with Crippen LogP contribution in [0.4, 0.5) is 0 Å². The number of benzene rings is 1. The summed E-state index contributed by atoms with van der Waals surface area (Å²) >= 11 is 0. The molecule has 0 aliphatic rings. The highest BCUT2D eigenvalue weighted by atomic mass is 16.5. The van der Waals surface area contributed by atoms with Crippen LogP contribution in [0.1, 0.15) is 18.1 Å². The third-order valence-electron chi connectivity index (χ3n) is 2.00. The molecule has 0 saturated carbocycles. The van der Waals surface area contributed by atoms with Crippen molar-refractivity contribution in [2.24, 2.45) is 0 Å². The zero-order chi connectivity index (χ0) is 12.0. The fourth-order valence-electron chi connectivity index (χ4n) is 1.23. The highest BCUT2D eigenvalue weighted by molar-refractivity contribution is 5.73. The fourth-order valence-corrected chi connectivity index (χ4v) is 1.23. The van der Waals surface area contributed by atoms with E-state index >= 15 is 0 Å². The standard InChI is InChI=1S/C13H15NO2/c1-10-6-7-13(16-3)12(9-10)5-4-8-14-11(2)15/h6-7,9H,8H2,1-3H3,(H,14,15). The molecular formula is C13H15NO2. The van der Waals surface area contributed by atoms with Crippen LogP contribution in [0.15, 0.2) is 18.2 Å². The molecule has 1 N–H and O–H groups in total. The predicted molar refractivity (Wildman–Crippen MR) is 63.3 cm³/mol. The second-order valence-electron chi connectivity index (χ2n) is 3.42. The lowest BCUT2D eigenvalue weighted by atomic mass is 10.1. The molecule has 1 rings (SSSR count). The van der Waals surface area contributed by atoms with E-state index in [1.54, 1.807) is 7.11 Å². The Morgan fingerprint density at radius 2 is 2.25 bits per heavy atom. The van der Waals surface area contributed by atoms with E-state index in [1.165, 1.54) is 6.92 Å². The number of hydrogen-bond donors (Lipinski definition) is 1. The van der Waals surface area contributed by atoms with Crippen molar-refractivity contribution in [2.45, 2.75) is 13.8 Å². The zero-order valence-electron chi connectivity index (χ0n) is 9.76. The Morgan fingerprint density at radius 1 is 1.50 bits per heavy atom. The maximum atomic E-state index is 10.6. The smallest absolute Gasteiger partial charge is 0.217 e. The Kier molecular flexibility index (Phi) is 4.41. The van der Waals surface area contributed by atoms with Crippen molar-refractivity contribution >= 4 is 5.91 Å². The Balaban J connectivity index is 2.78. The topological polar surface area (TPSA) is 38.3 Å². The van der Waals surface area contributed by atoms with E-state index in [0.717, 1.165) is 16.9 Å². The first kappa shape index (κ1) is 12.1. The highest BCUT2D eigenvalue weighted by Gasteiger charge is 1.98. The summed E-state index contributed by atoms with van der Waals surface area (Å²) in [4.78, 5) is 10.6. The molecule has 1 aromatic carbocycles. The van der Waals surface area contributed by atoms with E-state index < -0.39 is 0 Å². The van der Waals surface area contributed by atoms with Gasteiger partial charge >= 0.3 is 0 Å². The van der Waals surface area contributed by atoms with Crippen molar-refractivity contribution in [1.82, 2.24) is 5.32 Å². The summed E-state index contributed by atoms with van der Waals surface area (Å²) in [7, 11) is 1.61. The molecule has 0 unspecified atom stereocenters. The van der Waals surface area contributed by atoms with Crippen LogP contribution in [0.3, 0.4) is 0 Å². The fraction of sp³-hybridized carbons (Fsp3) is 0.308. The summed E-state index contributed by atoms with van der Waals surface area (Å²) in [6.07, 6.45) is 0. The summed E-state index contributed by atoms with van der Waals surface area (Å²) in [6, 6.07) is 5.81. The highest BCUT2D eigenvalue weighted by Crippen LogP contribution is 2.17. The predicted octanol–water partition coefficient (Wildman–Crippen LogP) is 1.49. The lowest BCUT2D eigenvalue weighted by Gasteiger charge is -2.03. The molecular weight excluding hydrogens is 202 g/mol. The molecule has 3 heteroatoms. The normalized spacial score (nSPS) is 8.94. The van der Waals surface area contributed by atoms with Gasteiger partial charge in [0.05, 0.1) is 19.2 Å². The number of hydrogen-bond acceptors (Lipinski definition) is 2. The van der Waals surface area contributed by atoms with Gasteiger partial charge in [0, 0.05) is 6.92 Å². The van der Waals surface area contributed by atoms with E-state index in [2.05, 4.69) is 17.2 Å². The molecule has 0 saturated heterocycles. The van der Waals surface area contributed by atoms with E-state index in [1.807, 2.05) is 25.1 Å². The second-order valence-corrected chi connectivity index (χ2v) is 3.42. The van der Waals surface area contributed by atoms with Crippen molar-refractivity contribution in [1.29, 1.82) is 0 Å². The van der Waals surface area contributed by atoms with Gasteiger partial charge in [0.25, 0.3) is 0 Å². The molecule has 0 atom stereocenters. The minimum atomic E-state index is -0.0782. The first-order chi connectivity index (χ1) is 7.63. The molecule has 0 aromatic heterocycles. The number of aryl methyl sites for hydroxylation is 1. The minimum absolute atomic E-state index is 0.0782. The number of ether oxygens (including phenoxy) is 1. The third-order valence-corrected chi connectivity index (χ3v) is 2.00. The monoisotopic (exact) mass is 217 g/mol. The molecule has 0 bridgehead atoms. The van der Waals surface area contributed by atoms with Crippen molar-refractivity contribution in [2.75, 3.05) is 13.7 Å². The number of rotatable bonds is 2. The van der Waals surface area contributed by atoms with Crippen LogP contribution < -0.4 is 10.1 Å². The van der Waals surface area contributed by atoms with Crippen molar-refractivity contribution in [3.63, 3.8) is 0 Å². The van der Waals surface area contributed by atoms with Crippen LogP contribution in [0, 0.1) is 18.8 Å². The van der Waals surface area contributed by atoms with Crippen molar-refractivity contribution < 1.29 is 9.53 Å². The number of amides is 1. The van der Waals surface area contributed by atoms with E-state index in [9.17, 15) is 4.79 Å². The van der Waals surface area contributed by atoms with Crippen LogP contribution in [0.25, 0.3) is 0 Å². The van der Waals surface area contributed by atoms with Gasteiger partial charge in [-0.05, 0) is 24.6 Å². The molecule has 0 fully saturated rings. The van der Waals surface area contributed by atoms with Crippen LogP contribution >= 0.6 is 0 Å². The molecule has 0 heterocycles. The van der Waals surface area contributed by atoms with Gasteiger partial charge in [-0.1, -0.05) is 17.9 Å². The first-order valence-corrected chi connectivity index (χ1v) is 5.01. The summed E-state index contributed by atoms with van der Waals surface area (Å²) in [5, 5.41) is 2.61. The van der Waals surface area contributed by atoms with Crippen LogP contribution in [0.5, 0.6) is 5.75 Å². The third kappa shape index (κ3) is 3.66. The van der Waals surface area contributed by atoms with Gasteiger partial charge in [-0.25, -0.2) is 0 Å². The Morgan fingerprint density at radius 3 is 2.88 bits per heavy atom. The molecule has 0 aliphatic heterocycles. The van der Waals surface area contributed by atoms with Crippen LogP contribution in [-0.2, 0) is 4.79 Å². The Labute approximate surface area is 95.8 Å². The van der Waals surface area contributed by atoms with Crippen molar-refractivity contribution in [3.8, 4) is 17.6 Å². The molecule has 1 aromatic rings. The molecule has 0 aliphatic carbocycles. The van der Waals surface area contributed by atoms with Gasteiger partial charge in [-0.2, -0.15) is 0 Å². The molecule has 1 amide bonds. The molecule has 0 radical (unpaired) electrons. The van der Waals surface area contributed by atoms with Gasteiger partial charge in [0.1, 0.15) is 5.75 Å². The first-order valence-electron chi connectivity index (χ1n) is 5.01. The zero-order valence-corrected chi connectivity index (χ0v) is 9.76. The average Bonchev–Trinajstić information content (AvgIpc) is 2.24. The lowest BCUT2D eigenvalue weighted by Crippen LogP contribution is -2.19. The number of carbonyl (C=O) groups is 1. The van der Waals surface area contributed by atoms with Gasteiger partial charge in [-0.15, -0.1) is 0 Å². The summed E-state index contributed by atoms with van der Waals surface area (Å²) < 4.78 is 5.19. The lowest BCUT2D eigenvalue weighted by molar-refractivity contribution is -0.118. The maximum absolute atomic E-state index is 10.6. The van der Waals surface area contributed by atoms with Gasteiger partial charge in [-0.3, -0.25) is 4.79 Å². The summed E-state index contributed by atoms with van der Waals surface area (Å²) in [5.41, 5.74) is 1.97. The minimum Gasteiger partial charge on any atom is -0.495 e.